The van der Waals surface area contributed by atoms with Gasteiger partial charge in [0.25, 0.3) is 0 Å². The SMILES string of the molecule is COc1ccc(C(Cc2ccc(CC(=O)NS(=O)(=O)C(F)(F)F)cc2)c2ccncc2)cc1OC1CCCC1. The van der Waals surface area contributed by atoms with Crippen molar-refractivity contribution < 1.29 is 35.9 Å². The molecule has 1 aromatic heterocycles. The van der Waals surface area contributed by atoms with E-state index in [-0.39, 0.29) is 12.0 Å². The van der Waals surface area contributed by atoms with Crippen molar-refractivity contribution in [3.63, 3.8) is 0 Å². The summed E-state index contributed by atoms with van der Waals surface area (Å²) in [5.74, 6) is 0.0177. The zero-order chi connectivity index (χ0) is 28.0. The topological polar surface area (TPSA) is 94.6 Å². The fourth-order valence-electron chi connectivity index (χ4n) is 4.67. The average molecular weight is 563 g/mol. The molecule has 0 radical (unpaired) electrons. The minimum Gasteiger partial charge on any atom is -0.493 e. The van der Waals surface area contributed by atoms with Gasteiger partial charge >= 0.3 is 15.5 Å². The number of aromatic nitrogens is 1. The maximum atomic E-state index is 12.5. The van der Waals surface area contributed by atoms with E-state index in [9.17, 15) is 26.4 Å². The van der Waals surface area contributed by atoms with Gasteiger partial charge in [-0.05, 0) is 78.6 Å². The lowest BCUT2D eigenvalue weighted by Crippen LogP contribution is -2.40. The Kier molecular flexibility index (Phi) is 8.79. The van der Waals surface area contributed by atoms with Crippen LogP contribution in [0.1, 0.15) is 53.9 Å². The van der Waals surface area contributed by atoms with Gasteiger partial charge in [0.2, 0.25) is 5.91 Å². The Morgan fingerprint density at radius 3 is 2.23 bits per heavy atom. The predicted molar refractivity (Wildman–Crippen MR) is 139 cm³/mol. The standard InChI is InChI=1S/C28H29F3N2O5S/c1-37-25-11-10-22(18-26(25)38-23-4-2-3-5-23)24(21-12-14-32-15-13-21)16-19-6-8-20(9-7-19)17-27(34)33-39(35,36)28(29,30)31/h6-15,18,23-24H,2-5,16-17H2,1H3,(H,33,34). The van der Waals surface area contributed by atoms with E-state index in [1.165, 1.54) is 0 Å². The number of hydrogen-bond acceptors (Lipinski definition) is 6. The molecule has 1 saturated carbocycles. The fourth-order valence-corrected chi connectivity index (χ4v) is 5.16. The van der Waals surface area contributed by atoms with Crippen molar-refractivity contribution in [2.24, 2.45) is 0 Å². The summed E-state index contributed by atoms with van der Waals surface area (Å²) >= 11 is 0. The van der Waals surface area contributed by atoms with Gasteiger partial charge in [0.15, 0.2) is 11.5 Å². The number of benzene rings is 2. The summed E-state index contributed by atoms with van der Waals surface area (Å²) in [6.07, 6.45) is 7.96. The van der Waals surface area contributed by atoms with Crippen molar-refractivity contribution >= 4 is 15.9 Å². The molecule has 4 rings (SSSR count). The molecule has 0 bridgehead atoms. The van der Waals surface area contributed by atoms with E-state index in [0.717, 1.165) is 47.1 Å². The first-order valence-corrected chi connectivity index (χ1v) is 14.0. The van der Waals surface area contributed by atoms with Crippen LogP contribution in [-0.4, -0.2) is 38.0 Å². The number of hydrogen-bond donors (Lipinski definition) is 1. The van der Waals surface area contributed by atoms with Crippen LogP contribution in [0.2, 0.25) is 0 Å². The summed E-state index contributed by atoms with van der Waals surface area (Å²) in [5.41, 5.74) is -2.22. The van der Waals surface area contributed by atoms with Crippen molar-refractivity contribution in [1.82, 2.24) is 9.71 Å². The predicted octanol–water partition coefficient (Wildman–Crippen LogP) is 5.29. The number of alkyl halides is 3. The van der Waals surface area contributed by atoms with Gasteiger partial charge in [0.05, 0.1) is 19.6 Å². The number of carbonyl (C=O) groups excluding carboxylic acids is 1. The molecule has 1 fully saturated rings. The van der Waals surface area contributed by atoms with E-state index in [2.05, 4.69) is 4.98 Å². The van der Waals surface area contributed by atoms with Crippen molar-refractivity contribution in [2.75, 3.05) is 7.11 Å². The van der Waals surface area contributed by atoms with Gasteiger partial charge in [-0.1, -0.05) is 30.3 Å². The number of nitrogens with one attached hydrogen (secondary N) is 1. The zero-order valence-electron chi connectivity index (χ0n) is 21.3. The van der Waals surface area contributed by atoms with Gasteiger partial charge in [-0.3, -0.25) is 9.78 Å². The molecular weight excluding hydrogens is 533 g/mol. The van der Waals surface area contributed by atoms with E-state index in [1.54, 1.807) is 43.8 Å². The molecule has 1 atom stereocenters. The third-order valence-corrected chi connectivity index (χ3v) is 7.78. The molecule has 1 unspecified atom stereocenters. The normalized spacial score (nSPS) is 15.1. The fraction of sp³-hybridized carbons (Fsp3) is 0.357. The highest BCUT2D eigenvalue weighted by atomic mass is 32.2. The highest BCUT2D eigenvalue weighted by Gasteiger charge is 2.46. The Bertz CT molecular complexity index is 1370. The van der Waals surface area contributed by atoms with Gasteiger partial charge in [-0.2, -0.15) is 21.6 Å². The number of carbonyl (C=O) groups is 1. The van der Waals surface area contributed by atoms with Crippen LogP contribution in [0.3, 0.4) is 0 Å². The van der Waals surface area contributed by atoms with E-state index >= 15 is 0 Å². The summed E-state index contributed by atoms with van der Waals surface area (Å²) in [7, 11) is -4.13. The van der Waals surface area contributed by atoms with Crippen LogP contribution in [0.5, 0.6) is 11.5 Å². The lowest BCUT2D eigenvalue weighted by atomic mass is 9.86. The third kappa shape index (κ3) is 7.29. The second-order valence-electron chi connectivity index (χ2n) is 9.44. The van der Waals surface area contributed by atoms with Crippen LogP contribution >= 0.6 is 0 Å². The molecule has 7 nitrogen and oxygen atoms in total. The number of pyridine rings is 1. The smallest absolute Gasteiger partial charge is 0.493 e. The molecule has 39 heavy (non-hydrogen) atoms. The Hall–Kier alpha value is -3.60. The average Bonchev–Trinajstić information content (AvgIpc) is 3.41. The number of methoxy groups -OCH3 is 1. The van der Waals surface area contributed by atoms with E-state index in [0.29, 0.717) is 23.5 Å². The Labute approximate surface area is 225 Å². The van der Waals surface area contributed by atoms with Gasteiger partial charge < -0.3 is 9.47 Å². The molecule has 0 spiro atoms. The number of rotatable bonds is 10. The van der Waals surface area contributed by atoms with Crippen molar-refractivity contribution in [2.45, 2.75) is 56.1 Å². The molecule has 208 valence electrons. The summed E-state index contributed by atoms with van der Waals surface area (Å²) in [6.45, 7) is 0. The number of halogens is 3. The summed E-state index contributed by atoms with van der Waals surface area (Å²) < 4.78 is 72.9. The Morgan fingerprint density at radius 1 is 0.974 bits per heavy atom. The zero-order valence-corrected chi connectivity index (χ0v) is 22.1. The van der Waals surface area contributed by atoms with Gasteiger partial charge in [-0.25, -0.2) is 4.72 Å². The monoisotopic (exact) mass is 562 g/mol. The summed E-state index contributed by atoms with van der Waals surface area (Å²) in [6, 6.07) is 16.5. The molecule has 1 aliphatic carbocycles. The van der Waals surface area contributed by atoms with E-state index in [4.69, 9.17) is 9.47 Å². The molecule has 1 N–H and O–H groups in total. The van der Waals surface area contributed by atoms with Gasteiger partial charge in [0.1, 0.15) is 0 Å². The maximum absolute atomic E-state index is 12.5. The van der Waals surface area contributed by atoms with Crippen LogP contribution in [0.4, 0.5) is 13.2 Å². The first kappa shape index (κ1) is 28.4. The highest BCUT2D eigenvalue weighted by Crippen LogP contribution is 2.37. The van der Waals surface area contributed by atoms with Crippen molar-refractivity contribution in [3.8, 4) is 11.5 Å². The molecule has 0 saturated heterocycles. The molecule has 1 heterocycles. The lowest BCUT2D eigenvalue weighted by molar-refractivity contribution is -0.119. The lowest BCUT2D eigenvalue weighted by Gasteiger charge is -2.22. The van der Waals surface area contributed by atoms with E-state index in [1.807, 2.05) is 30.3 Å². The van der Waals surface area contributed by atoms with Crippen LogP contribution in [0, 0.1) is 0 Å². The van der Waals surface area contributed by atoms with E-state index < -0.39 is 27.9 Å². The largest absolute Gasteiger partial charge is 0.516 e. The molecule has 11 heteroatoms. The second-order valence-corrected chi connectivity index (χ2v) is 11.1. The van der Waals surface area contributed by atoms with Gasteiger partial charge in [0, 0.05) is 18.3 Å². The molecule has 3 aromatic rings. The third-order valence-electron chi connectivity index (χ3n) is 6.67. The minimum atomic E-state index is -5.74. The van der Waals surface area contributed by atoms with Crippen molar-refractivity contribution in [1.29, 1.82) is 0 Å². The van der Waals surface area contributed by atoms with Gasteiger partial charge in [-0.15, -0.1) is 0 Å². The van der Waals surface area contributed by atoms with Crippen LogP contribution in [0.15, 0.2) is 67.0 Å². The number of ether oxygens (including phenoxy) is 2. The molecule has 0 aliphatic heterocycles. The number of amides is 1. The van der Waals surface area contributed by atoms with Crippen LogP contribution in [-0.2, 0) is 27.7 Å². The second kappa shape index (κ2) is 12.1. The van der Waals surface area contributed by atoms with Crippen molar-refractivity contribution in [3.05, 3.63) is 89.2 Å². The minimum absolute atomic E-state index is 0.0732. The van der Waals surface area contributed by atoms with Crippen LogP contribution in [0.25, 0.3) is 0 Å². The summed E-state index contributed by atoms with van der Waals surface area (Å²) in [4.78, 5) is 16.0. The maximum Gasteiger partial charge on any atom is 0.516 e. The highest BCUT2D eigenvalue weighted by molar-refractivity contribution is 7.90. The molecular formula is C28H29F3N2O5S. The number of nitrogens with zero attached hydrogens (tertiary/aromatic N) is 1. The molecule has 1 aliphatic rings. The quantitative estimate of drug-likeness (QED) is 0.361. The molecule has 1 amide bonds. The molecule has 2 aromatic carbocycles. The first-order valence-electron chi connectivity index (χ1n) is 12.5. The van der Waals surface area contributed by atoms with Crippen LogP contribution < -0.4 is 14.2 Å². The Morgan fingerprint density at radius 2 is 1.62 bits per heavy atom. The first-order chi connectivity index (χ1) is 18.6. The Balaban J connectivity index is 1.54. The summed E-state index contributed by atoms with van der Waals surface area (Å²) in [5, 5.41) is 0. The number of sulfonamides is 1.